The second kappa shape index (κ2) is 8.27. The number of thioether (sulfide) groups is 1. The minimum atomic E-state index is -0.336. The summed E-state index contributed by atoms with van der Waals surface area (Å²) in [5, 5.41) is 0. The van der Waals surface area contributed by atoms with Gasteiger partial charge >= 0.3 is 5.69 Å². The van der Waals surface area contributed by atoms with E-state index >= 15 is 0 Å². The maximum absolute atomic E-state index is 13.2. The van der Waals surface area contributed by atoms with Gasteiger partial charge in [0.1, 0.15) is 0 Å². The number of aryl methyl sites for hydroxylation is 1. The van der Waals surface area contributed by atoms with Crippen LogP contribution in [0, 0.1) is 6.92 Å². The van der Waals surface area contributed by atoms with Gasteiger partial charge in [-0.15, -0.1) is 18.3 Å². The van der Waals surface area contributed by atoms with Crippen molar-refractivity contribution in [1.29, 1.82) is 0 Å². The molecular weight excluding hydrogens is 356 g/mol. The Kier molecular flexibility index (Phi) is 5.81. The Hall–Kier alpha value is -2.79. The zero-order chi connectivity index (χ0) is 19.4. The molecule has 2 aromatic carbocycles. The molecular formula is C22H22N2O2S. The predicted octanol–water partition coefficient (Wildman–Crippen LogP) is 4.27. The van der Waals surface area contributed by atoms with Gasteiger partial charge < -0.3 is 0 Å². The topological polar surface area (TPSA) is 44.0 Å². The number of rotatable bonds is 6. The minimum Gasteiger partial charge on any atom is -0.269 e. The largest absolute Gasteiger partial charge is 0.336 e. The third-order valence-corrected chi connectivity index (χ3v) is 5.17. The van der Waals surface area contributed by atoms with Crippen molar-refractivity contribution < 1.29 is 0 Å². The molecule has 1 heterocycles. The molecule has 0 aliphatic heterocycles. The summed E-state index contributed by atoms with van der Waals surface area (Å²) in [5.41, 5.74) is 2.65. The molecule has 1 aromatic heterocycles. The lowest BCUT2D eigenvalue weighted by Gasteiger charge is -2.16. The van der Waals surface area contributed by atoms with Crippen LogP contribution in [0.2, 0.25) is 0 Å². The van der Waals surface area contributed by atoms with E-state index in [0.717, 1.165) is 21.7 Å². The quantitative estimate of drug-likeness (QED) is 0.475. The van der Waals surface area contributed by atoms with Crippen molar-refractivity contribution in [2.75, 3.05) is 6.26 Å². The molecule has 0 saturated carbocycles. The average Bonchev–Trinajstić information content (AvgIpc) is 2.68. The monoisotopic (exact) mass is 378 g/mol. The standard InChI is InChI=1S/C22H22N2O2S/c1-4-5-14-23-21(25)15-20(17-8-6-16(2)7-9-17)24(22(23)26)18-10-12-19(27-3)13-11-18/h4,6-13,15H,1,5,14H2,2-3H3. The molecule has 0 fully saturated rings. The van der Waals surface area contributed by atoms with Gasteiger partial charge in [-0.05, 0) is 49.4 Å². The van der Waals surface area contributed by atoms with E-state index in [-0.39, 0.29) is 11.2 Å². The molecule has 0 amide bonds. The van der Waals surface area contributed by atoms with E-state index in [1.54, 1.807) is 22.4 Å². The van der Waals surface area contributed by atoms with Crippen molar-refractivity contribution >= 4 is 11.8 Å². The Balaban J connectivity index is 2.28. The molecule has 0 bridgehead atoms. The van der Waals surface area contributed by atoms with E-state index in [9.17, 15) is 9.59 Å². The summed E-state index contributed by atoms with van der Waals surface area (Å²) >= 11 is 1.64. The molecule has 3 aromatic rings. The summed E-state index contributed by atoms with van der Waals surface area (Å²) in [6.07, 6.45) is 4.27. The smallest absolute Gasteiger partial charge is 0.269 e. The molecule has 4 nitrogen and oxygen atoms in total. The normalized spacial score (nSPS) is 10.7. The van der Waals surface area contributed by atoms with Gasteiger partial charge in [0, 0.05) is 17.5 Å². The van der Waals surface area contributed by atoms with Crippen LogP contribution < -0.4 is 11.2 Å². The zero-order valence-electron chi connectivity index (χ0n) is 15.5. The van der Waals surface area contributed by atoms with E-state index in [2.05, 4.69) is 6.58 Å². The highest BCUT2D eigenvalue weighted by Gasteiger charge is 2.14. The van der Waals surface area contributed by atoms with Crippen molar-refractivity contribution in [3.63, 3.8) is 0 Å². The molecule has 0 spiro atoms. The Morgan fingerprint density at radius 1 is 1.04 bits per heavy atom. The van der Waals surface area contributed by atoms with E-state index in [4.69, 9.17) is 0 Å². The van der Waals surface area contributed by atoms with Gasteiger partial charge in [0.05, 0.1) is 11.4 Å². The first-order chi connectivity index (χ1) is 13.0. The maximum Gasteiger partial charge on any atom is 0.336 e. The Morgan fingerprint density at radius 3 is 2.30 bits per heavy atom. The lowest BCUT2D eigenvalue weighted by molar-refractivity contribution is 0.618. The van der Waals surface area contributed by atoms with E-state index in [0.29, 0.717) is 18.7 Å². The van der Waals surface area contributed by atoms with Crippen LogP contribution in [0.25, 0.3) is 16.9 Å². The Morgan fingerprint density at radius 2 is 1.70 bits per heavy atom. The molecule has 27 heavy (non-hydrogen) atoms. The molecule has 0 aliphatic carbocycles. The summed E-state index contributed by atoms with van der Waals surface area (Å²) in [5.74, 6) is 0. The van der Waals surface area contributed by atoms with Crippen LogP contribution in [-0.2, 0) is 6.54 Å². The summed E-state index contributed by atoms with van der Waals surface area (Å²) in [6, 6.07) is 17.1. The van der Waals surface area contributed by atoms with E-state index in [1.165, 1.54) is 10.6 Å². The van der Waals surface area contributed by atoms with Crippen LogP contribution in [0.5, 0.6) is 0 Å². The van der Waals surface area contributed by atoms with Crippen LogP contribution in [0.15, 0.2) is 81.7 Å². The van der Waals surface area contributed by atoms with Gasteiger partial charge in [0.2, 0.25) is 0 Å². The first kappa shape index (κ1) is 19.0. The van der Waals surface area contributed by atoms with Gasteiger partial charge in [0.15, 0.2) is 0 Å². The van der Waals surface area contributed by atoms with Gasteiger partial charge in [0.25, 0.3) is 5.56 Å². The number of aromatic nitrogens is 2. The molecule has 5 heteroatoms. The highest BCUT2D eigenvalue weighted by molar-refractivity contribution is 7.98. The molecule has 3 rings (SSSR count). The summed E-state index contributed by atoms with van der Waals surface area (Å²) in [7, 11) is 0. The number of nitrogens with zero attached hydrogens (tertiary/aromatic N) is 2. The fraction of sp³-hybridized carbons (Fsp3) is 0.182. The fourth-order valence-corrected chi connectivity index (χ4v) is 3.33. The molecule has 0 atom stereocenters. The van der Waals surface area contributed by atoms with Crippen molar-refractivity contribution in [2.24, 2.45) is 0 Å². The van der Waals surface area contributed by atoms with Crippen LogP contribution in [0.4, 0.5) is 0 Å². The van der Waals surface area contributed by atoms with Crippen molar-refractivity contribution in [3.8, 4) is 16.9 Å². The molecule has 0 unspecified atom stereocenters. The Labute approximate surface area is 162 Å². The minimum absolute atomic E-state index is 0.297. The molecule has 0 saturated heterocycles. The predicted molar refractivity (Wildman–Crippen MR) is 113 cm³/mol. The van der Waals surface area contributed by atoms with Crippen molar-refractivity contribution in [3.05, 3.63) is 93.7 Å². The van der Waals surface area contributed by atoms with Gasteiger partial charge in [-0.3, -0.25) is 13.9 Å². The highest BCUT2D eigenvalue weighted by Crippen LogP contribution is 2.22. The second-order valence-corrected chi connectivity index (χ2v) is 7.16. The first-order valence-corrected chi connectivity index (χ1v) is 9.97. The molecule has 0 radical (unpaired) electrons. The first-order valence-electron chi connectivity index (χ1n) is 8.74. The Bertz CT molecular complexity index is 1060. The van der Waals surface area contributed by atoms with Crippen molar-refractivity contribution in [1.82, 2.24) is 9.13 Å². The summed E-state index contributed by atoms with van der Waals surface area (Å²) in [6.45, 7) is 6.00. The summed E-state index contributed by atoms with van der Waals surface area (Å²) in [4.78, 5) is 26.9. The third kappa shape index (κ3) is 3.98. The molecule has 0 N–H and O–H groups in total. The second-order valence-electron chi connectivity index (χ2n) is 6.28. The third-order valence-electron chi connectivity index (χ3n) is 4.42. The summed E-state index contributed by atoms with van der Waals surface area (Å²) < 4.78 is 2.88. The van der Waals surface area contributed by atoms with Crippen molar-refractivity contribution in [2.45, 2.75) is 24.8 Å². The lowest BCUT2D eigenvalue weighted by atomic mass is 10.1. The molecule has 0 aliphatic rings. The van der Waals surface area contributed by atoms with Crippen LogP contribution in [0.3, 0.4) is 0 Å². The number of benzene rings is 2. The van der Waals surface area contributed by atoms with Gasteiger partial charge in [-0.25, -0.2) is 4.79 Å². The zero-order valence-corrected chi connectivity index (χ0v) is 16.3. The van der Waals surface area contributed by atoms with Crippen LogP contribution in [0.1, 0.15) is 12.0 Å². The SMILES string of the molecule is C=CCCn1c(=O)cc(-c2ccc(C)cc2)n(-c2ccc(SC)cc2)c1=O. The number of hydrogen-bond donors (Lipinski definition) is 0. The highest BCUT2D eigenvalue weighted by atomic mass is 32.2. The fourth-order valence-electron chi connectivity index (χ4n) is 2.92. The molecule has 138 valence electrons. The van der Waals surface area contributed by atoms with Gasteiger partial charge in [-0.1, -0.05) is 35.9 Å². The van der Waals surface area contributed by atoms with Gasteiger partial charge in [-0.2, -0.15) is 0 Å². The van der Waals surface area contributed by atoms with Crippen LogP contribution >= 0.6 is 11.8 Å². The van der Waals surface area contributed by atoms with Crippen LogP contribution in [-0.4, -0.2) is 15.4 Å². The lowest BCUT2D eigenvalue weighted by Crippen LogP contribution is -2.39. The number of allylic oxidation sites excluding steroid dienone is 1. The number of hydrogen-bond acceptors (Lipinski definition) is 3. The maximum atomic E-state index is 13.2. The van der Waals surface area contributed by atoms with E-state index < -0.39 is 0 Å². The average molecular weight is 378 g/mol. The van der Waals surface area contributed by atoms with E-state index in [1.807, 2.05) is 61.7 Å².